The van der Waals surface area contributed by atoms with Crippen LogP contribution in [0.2, 0.25) is 0 Å². The van der Waals surface area contributed by atoms with Crippen LogP contribution < -0.4 is 4.31 Å². The topological polar surface area (TPSA) is 46.6 Å². The normalized spacial score (nSPS) is 17.2. The van der Waals surface area contributed by atoms with Gasteiger partial charge >= 0.3 is 0 Å². The molecule has 0 amide bonds. The van der Waals surface area contributed by atoms with E-state index in [2.05, 4.69) is 0 Å². The molecule has 1 aliphatic heterocycles. The highest BCUT2D eigenvalue weighted by molar-refractivity contribution is 7.92. The molecule has 3 aromatic carbocycles. The fourth-order valence-electron chi connectivity index (χ4n) is 3.39. The number of para-hydroxylation sites is 1. The molecule has 0 saturated heterocycles. The monoisotopic (exact) mass is 379 g/mol. The molecule has 3 aromatic rings. The molecule has 0 N–H and O–H groups in total. The van der Waals surface area contributed by atoms with E-state index in [0.29, 0.717) is 18.9 Å². The number of hydrogen-bond donors (Lipinski definition) is 0. The van der Waals surface area contributed by atoms with Crippen molar-refractivity contribution in [2.24, 2.45) is 0 Å². The first-order chi connectivity index (χ1) is 13.1. The van der Waals surface area contributed by atoms with Gasteiger partial charge in [-0.1, -0.05) is 66.2 Å². The minimum Gasteiger partial charge on any atom is -0.374 e. The molecule has 0 saturated carbocycles. The highest BCUT2D eigenvalue weighted by Crippen LogP contribution is 2.38. The van der Waals surface area contributed by atoms with Gasteiger partial charge in [-0.2, -0.15) is 0 Å². The third kappa shape index (κ3) is 3.36. The molecule has 0 spiro atoms. The third-order valence-corrected chi connectivity index (χ3v) is 6.64. The van der Waals surface area contributed by atoms with Crippen LogP contribution in [-0.2, 0) is 21.4 Å². The van der Waals surface area contributed by atoms with Crippen molar-refractivity contribution in [3.63, 3.8) is 0 Å². The summed E-state index contributed by atoms with van der Waals surface area (Å²) in [5, 5.41) is 0. The van der Waals surface area contributed by atoms with Crippen LogP contribution in [0.5, 0.6) is 0 Å². The molecule has 1 atom stereocenters. The summed E-state index contributed by atoms with van der Waals surface area (Å²) in [5.41, 5.74) is 3.47. The molecule has 1 aliphatic rings. The maximum atomic E-state index is 13.7. The van der Waals surface area contributed by atoms with Crippen LogP contribution in [-0.4, -0.2) is 15.0 Å². The van der Waals surface area contributed by atoms with E-state index in [4.69, 9.17) is 4.74 Å². The molecule has 4 rings (SSSR count). The predicted molar refractivity (Wildman–Crippen MR) is 106 cm³/mol. The van der Waals surface area contributed by atoms with Crippen LogP contribution in [0.15, 0.2) is 83.8 Å². The molecular weight excluding hydrogens is 358 g/mol. The second kappa shape index (κ2) is 7.18. The number of hydrogen-bond acceptors (Lipinski definition) is 3. The number of rotatable bonds is 3. The highest BCUT2D eigenvalue weighted by Gasteiger charge is 2.36. The number of benzene rings is 3. The lowest BCUT2D eigenvalue weighted by molar-refractivity contribution is 0.115. The smallest absolute Gasteiger partial charge is 0.264 e. The van der Waals surface area contributed by atoms with Crippen LogP contribution in [0, 0.1) is 6.92 Å². The Morgan fingerprint density at radius 1 is 0.889 bits per heavy atom. The lowest BCUT2D eigenvalue weighted by Gasteiger charge is -2.32. The Kier molecular flexibility index (Phi) is 4.72. The minimum atomic E-state index is -3.76. The Bertz CT molecular complexity index is 1030. The lowest BCUT2D eigenvalue weighted by Crippen LogP contribution is -2.36. The number of ether oxygens (including phenoxy) is 1. The van der Waals surface area contributed by atoms with E-state index in [0.717, 1.165) is 16.7 Å². The maximum Gasteiger partial charge on any atom is 0.264 e. The van der Waals surface area contributed by atoms with Crippen molar-refractivity contribution < 1.29 is 13.2 Å². The Balaban J connectivity index is 1.91. The molecule has 0 radical (unpaired) electrons. The van der Waals surface area contributed by atoms with Crippen molar-refractivity contribution >= 4 is 15.7 Å². The van der Waals surface area contributed by atoms with Gasteiger partial charge in [0.25, 0.3) is 10.0 Å². The van der Waals surface area contributed by atoms with Crippen molar-refractivity contribution in [3.8, 4) is 0 Å². The van der Waals surface area contributed by atoms with Crippen LogP contribution in [0.1, 0.15) is 22.7 Å². The van der Waals surface area contributed by atoms with Crippen LogP contribution in [0.4, 0.5) is 5.69 Å². The third-order valence-electron chi connectivity index (χ3n) is 4.81. The van der Waals surface area contributed by atoms with Crippen molar-refractivity contribution in [2.75, 3.05) is 10.9 Å². The molecule has 5 heteroatoms. The van der Waals surface area contributed by atoms with Gasteiger partial charge in [0.15, 0.2) is 0 Å². The zero-order chi connectivity index (χ0) is 18.9. The summed E-state index contributed by atoms with van der Waals surface area (Å²) < 4.78 is 34.7. The van der Waals surface area contributed by atoms with Gasteiger partial charge in [-0.05, 0) is 30.7 Å². The number of aryl methyl sites for hydroxylation is 1. The molecule has 138 valence electrons. The quantitative estimate of drug-likeness (QED) is 0.675. The Morgan fingerprint density at radius 2 is 1.56 bits per heavy atom. The summed E-state index contributed by atoms with van der Waals surface area (Å²) in [6.07, 6.45) is 0. The van der Waals surface area contributed by atoms with Gasteiger partial charge in [0.05, 0.1) is 29.8 Å². The molecule has 0 fully saturated rings. The summed E-state index contributed by atoms with van der Waals surface area (Å²) in [5.74, 6) is 0. The zero-order valence-electron chi connectivity index (χ0n) is 15.1. The summed E-state index contributed by atoms with van der Waals surface area (Å²) >= 11 is 0. The standard InChI is InChI=1S/C22H21NO3S/c1-17-11-13-20(14-12-17)27(24,25)23-21-10-6-5-9-19(21)15-26-16-22(23)18-7-3-2-4-8-18/h2-14,22H,15-16H2,1H3/t22-/m0/s1. The molecular formula is C22H21NO3S. The van der Waals surface area contributed by atoms with E-state index < -0.39 is 16.1 Å². The van der Waals surface area contributed by atoms with E-state index in [1.165, 1.54) is 4.31 Å². The van der Waals surface area contributed by atoms with E-state index >= 15 is 0 Å². The predicted octanol–water partition coefficient (Wildman–Crippen LogP) is 4.46. The first-order valence-electron chi connectivity index (χ1n) is 8.89. The summed E-state index contributed by atoms with van der Waals surface area (Å²) in [7, 11) is -3.76. The van der Waals surface area contributed by atoms with E-state index in [1.807, 2.05) is 73.7 Å². The molecule has 1 heterocycles. The summed E-state index contributed by atoms with van der Waals surface area (Å²) in [6, 6.07) is 23.7. The van der Waals surface area contributed by atoms with Gasteiger partial charge in [0.1, 0.15) is 0 Å². The van der Waals surface area contributed by atoms with Gasteiger partial charge < -0.3 is 4.74 Å². The zero-order valence-corrected chi connectivity index (χ0v) is 15.9. The van der Waals surface area contributed by atoms with E-state index in [1.54, 1.807) is 12.1 Å². The van der Waals surface area contributed by atoms with Crippen molar-refractivity contribution in [2.45, 2.75) is 24.5 Å². The second-order valence-corrected chi connectivity index (χ2v) is 8.50. The average Bonchev–Trinajstić information content (AvgIpc) is 2.89. The average molecular weight is 379 g/mol. The number of anilines is 1. The number of nitrogens with zero attached hydrogens (tertiary/aromatic N) is 1. The largest absolute Gasteiger partial charge is 0.374 e. The molecule has 0 unspecified atom stereocenters. The second-order valence-electron chi connectivity index (χ2n) is 6.68. The van der Waals surface area contributed by atoms with Crippen molar-refractivity contribution in [1.29, 1.82) is 0 Å². The van der Waals surface area contributed by atoms with Gasteiger partial charge in [-0.3, -0.25) is 4.31 Å². The minimum absolute atomic E-state index is 0.283. The van der Waals surface area contributed by atoms with Crippen LogP contribution in [0.3, 0.4) is 0 Å². The van der Waals surface area contributed by atoms with Gasteiger partial charge in [0.2, 0.25) is 0 Å². The molecule has 27 heavy (non-hydrogen) atoms. The molecule has 0 aliphatic carbocycles. The van der Waals surface area contributed by atoms with Gasteiger partial charge in [-0.25, -0.2) is 8.42 Å². The molecule has 0 bridgehead atoms. The van der Waals surface area contributed by atoms with Crippen molar-refractivity contribution in [3.05, 3.63) is 95.6 Å². The Morgan fingerprint density at radius 3 is 2.30 bits per heavy atom. The summed E-state index contributed by atoms with van der Waals surface area (Å²) in [4.78, 5) is 0.283. The van der Waals surface area contributed by atoms with Gasteiger partial charge in [-0.15, -0.1) is 0 Å². The maximum absolute atomic E-state index is 13.7. The van der Waals surface area contributed by atoms with Crippen molar-refractivity contribution in [1.82, 2.24) is 0 Å². The molecule has 4 nitrogen and oxygen atoms in total. The lowest BCUT2D eigenvalue weighted by atomic mass is 10.1. The van der Waals surface area contributed by atoms with Crippen LogP contribution in [0.25, 0.3) is 0 Å². The molecule has 0 aromatic heterocycles. The summed E-state index contributed by atoms with van der Waals surface area (Å²) in [6.45, 7) is 2.63. The highest BCUT2D eigenvalue weighted by atomic mass is 32.2. The van der Waals surface area contributed by atoms with Gasteiger partial charge in [0, 0.05) is 5.56 Å². The Hall–Kier alpha value is -2.63. The first kappa shape index (κ1) is 17.8. The fourth-order valence-corrected chi connectivity index (χ4v) is 5.05. The SMILES string of the molecule is Cc1ccc(S(=O)(=O)N2c3ccccc3COC[C@H]2c2ccccc2)cc1. The fraction of sp³-hybridized carbons (Fsp3) is 0.182. The first-order valence-corrected chi connectivity index (χ1v) is 10.3. The Labute approximate surface area is 160 Å². The van der Waals surface area contributed by atoms with Crippen LogP contribution >= 0.6 is 0 Å². The number of sulfonamides is 1. The van der Waals surface area contributed by atoms with E-state index in [-0.39, 0.29) is 4.90 Å². The van der Waals surface area contributed by atoms with E-state index in [9.17, 15) is 8.42 Å². The number of fused-ring (bicyclic) bond motifs is 1.